The second-order valence-electron chi connectivity index (χ2n) is 8.48. The lowest BCUT2D eigenvalue weighted by Crippen LogP contribution is -2.40. The number of rotatable bonds is 4. The SMILES string of the molecule is O=C(O)C[C@H]1[C@H]2CCC[C@H]2CN1C(=O)OCC1c2ccccc2-c2ccccc21. The maximum absolute atomic E-state index is 13.0. The fourth-order valence-corrected chi connectivity index (χ4v) is 5.75. The van der Waals surface area contributed by atoms with E-state index in [0.29, 0.717) is 18.4 Å². The van der Waals surface area contributed by atoms with Crippen LogP contribution in [0.3, 0.4) is 0 Å². The van der Waals surface area contributed by atoms with E-state index in [1.807, 2.05) is 24.3 Å². The van der Waals surface area contributed by atoms with Gasteiger partial charge in [0.1, 0.15) is 6.61 Å². The molecule has 2 aromatic rings. The molecule has 3 aliphatic rings. The Morgan fingerprint density at radius 3 is 2.31 bits per heavy atom. The van der Waals surface area contributed by atoms with E-state index in [9.17, 15) is 14.7 Å². The minimum Gasteiger partial charge on any atom is -0.481 e. The number of hydrogen-bond donors (Lipinski definition) is 1. The molecule has 1 N–H and O–H groups in total. The molecule has 1 saturated carbocycles. The summed E-state index contributed by atoms with van der Waals surface area (Å²) < 4.78 is 5.79. The number of carbonyl (C=O) groups is 2. The van der Waals surface area contributed by atoms with E-state index in [1.54, 1.807) is 4.90 Å². The highest BCUT2D eigenvalue weighted by molar-refractivity contribution is 5.79. The van der Waals surface area contributed by atoms with E-state index in [0.717, 1.165) is 19.3 Å². The molecule has 1 amide bonds. The number of aliphatic carboxylic acids is 1. The molecule has 2 aliphatic carbocycles. The highest BCUT2D eigenvalue weighted by Crippen LogP contribution is 2.46. The fraction of sp³-hybridized carbons (Fsp3) is 0.417. The van der Waals surface area contributed by atoms with Gasteiger partial charge in [-0.05, 0) is 46.9 Å². The summed E-state index contributed by atoms with van der Waals surface area (Å²) in [6, 6.07) is 16.3. The van der Waals surface area contributed by atoms with Gasteiger partial charge in [0.2, 0.25) is 0 Å². The summed E-state index contributed by atoms with van der Waals surface area (Å²) in [7, 11) is 0. The molecule has 0 aromatic heterocycles. The predicted octanol–water partition coefficient (Wildman–Crippen LogP) is 4.51. The average molecular weight is 391 g/mol. The Morgan fingerprint density at radius 2 is 1.66 bits per heavy atom. The van der Waals surface area contributed by atoms with E-state index in [1.165, 1.54) is 22.3 Å². The largest absolute Gasteiger partial charge is 0.481 e. The Morgan fingerprint density at radius 1 is 1.00 bits per heavy atom. The van der Waals surface area contributed by atoms with E-state index < -0.39 is 5.97 Å². The average Bonchev–Trinajstić information content (AvgIpc) is 3.39. The normalized spacial score (nSPS) is 24.8. The van der Waals surface area contributed by atoms with Crippen LogP contribution in [0, 0.1) is 11.8 Å². The molecule has 1 saturated heterocycles. The minimum absolute atomic E-state index is 0.00532. The number of ether oxygens (including phenoxy) is 1. The summed E-state index contributed by atoms with van der Waals surface area (Å²) in [6.45, 7) is 0.901. The van der Waals surface area contributed by atoms with Gasteiger partial charge in [0.25, 0.3) is 0 Å². The third-order valence-electron chi connectivity index (χ3n) is 7.00. The zero-order valence-corrected chi connectivity index (χ0v) is 16.3. The Bertz CT molecular complexity index is 910. The van der Waals surface area contributed by atoms with Crippen molar-refractivity contribution in [2.45, 2.75) is 37.6 Å². The van der Waals surface area contributed by atoms with E-state index >= 15 is 0 Å². The number of amides is 1. The third kappa shape index (κ3) is 3.09. The van der Waals surface area contributed by atoms with Crippen molar-refractivity contribution in [3.8, 4) is 11.1 Å². The first-order chi connectivity index (χ1) is 14.1. The highest BCUT2D eigenvalue weighted by Gasteiger charge is 2.47. The number of carbonyl (C=O) groups excluding carboxylic acids is 1. The van der Waals surface area contributed by atoms with E-state index in [2.05, 4.69) is 24.3 Å². The number of nitrogens with zero attached hydrogens (tertiary/aromatic N) is 1. The Balaban J connectivity index is 1.34. The van der Waals surface area contributed by atoms with Crippen molar-refractivity contribution < 1.29 is 19.4 Å². The standard InChI is InChI=1S/C24H25NO4/c26-23(27)12-22-16-11-5-6-15(16)13-25(22)24(28)29-14-21-19-9-3-1-7-17(19)18-8-2-4-10-20(18)21/h1-4,7-10,15-16,21-22H,5-6,11-14H2,(H,26,27)/t15-,16-,22-/m0/s1. The van der Waals surface area contributed by atoms with Crippen molar-refractivity contribution in [3.63, 3.8) is 0 Å². The number of carboxylic acids is 1. The molecule has 2 fully saturated rings. The number of carboxylic acid groups (broad SMARTS) is 1. The van der Waals surface area contributed by atoms with Crippen LogP contribution in [0.25, 0.3) is 11.1 Å². The first-order valence-electron chi connectivity index (χ1n) is 10.5. The number of benzene rings is 2. The van der Waals surface area contributed by atoms with Gasteiger partial charge in [-0.15, -0.1) is 0 Å². The van der Waals surface area contributed by atoms with Crippen LogP contribution in [-0.4, -0.2) is 41.3 Å². The molecule has 2 aromatic carbocycles. The molecule has 3 atom stereocenters. The van der Waals surface area contributed by atoms with Crippen LogP contribution < -0.4 is 0 Å². The van der Waals surface area contributed by atoms with Gasteiger partial charge in [-0.3, -0.25) is 4.79 Å². The molecule has 5 nitrogen and oxygen atoms in total. The van der Waals surface area contributed by atoms with E-state index in [4.69, 9.17) is 4.74 Å². The van der Waals surface area contributed by atoms with Crippen LogP contribution in [0.4, 0.5) is 4.79 Å². The van der Waals surface area contributed by atoms with Crippen molar-refractivity contribution in [1.29, 1.82) is 0 Å². The summed E-state index contributed by atoms with van der Waals surface area (Å²) in [6.07, 6.45) is 2.85. The van der Waals surface area contributed by atoms with Crippen LogP contribution in [-0.2, 0) is 9.53 Å². The number of likely N-dealkylation sites (tertiary alicyclic amines) is 1. The second kappa shape index (κ2) is 7.21. The Labute approximate surface area is 170 Å². The van der Waals surface area contributed by atoms with Gasteiger partial charge < -0.3 is 14.7 Å². The van der Waals surface area contributed by atoms with Gasteiger partial charge in [-0.1, -0.05) is 55.0 Å². The predicted molar refractivity (Wildman–Crippen MR) is 109 cm³/mol. The zero-order valence-electron chi connectivity index (χ0n) is 16.3. The molecule has 150 valence electrons. The smallest absolute Gasteiger partial charge is 0.410 e. The lowest BCUT2D eigenvalue weighted by atomic mass is 9.92. The maximum Gasteiger partial charge on any atom is 0.410 e. The first kappa shape index (κ1) is 18.2. The van der Waals surface area contributed by atoms with Crippen molar-refractivity contribution in [1.82, 2.24) is 4.90 Å². The molecular weight excluding hydrogens is 366 g/mol. The monoisotopic (exact) mass is 391 g/mol. The molecular formula is C24H25NO4. The molecule has 0 unspecified atom stereocenters. The number of fused-ring (bicyclic) bond motifs is 4. The van der Waals surface area contributed by atoms with Gasteiger partial charge >= 0.3 is 12.1 Å². The lowest BCUT2D eigenvalue weighted by Gasteiger charge is -2.26. The Kier molecular flexibility index (Phi) is 4.53. The minimum atomic E-state index is -0.848. The van der Waals surface area contributed by atoms with Gasteiger partial charge in [0.15, 0.2) is 0 Å². The molecule has 1 heterocycles. The van der Waals surface area contributed by atoms with Crippen molar-refractivity contribution in [3.05, 3.63) is 59.7 Å². The molecule has 1 aliphatic heterocycles. The van der Waals surface area contributed by atoms with Crippen molar-refractivity contribution >= 4 is 12.1 Å². The lowest BCUT2D eigenvalue weighted by molar-refractivity contribution is -0.138. The fourth-order valence-electron chi connectivity index (χ4n) is 5.75. The Hall–Kier alpha value is -2.82. The quantitative estimate of drug-likeness (QED) is 0.833. The van der Waals surface area contributed by atoms with Gasteiger partial charge in [0, 0.05) is 18.5 Å². The highest BCUT2D eigenvalue weighted by atomic mass is 16.6. The van der Waals surface area contributed by atoms with Gasteiger partial charge in [0.05, 0.1) is 6.42 Å². The van der Waals surface area contributed by atoms with Crippen molar-refractivity contribution in [2.24, 2.45) is 11.8 Å². The third-order valence-corrected chi connectivity index (χ3v) is 7.00. The first-order valence-corrected chi connectivity index (χ1v) is 10.5. The second-order valence-corrected chi connectivity index (χ2v) is 8.48. The van der Waals surface area contributed by atoms with Crippen molar-refractivity contribution in [2.75, 3.05) is 13.2 Å². The van der Waals surface area contributed by atoms with E-state index in [-0.39, 0.29) is 31.1 Å². The van der Waals surface area contributed by atoms with Crippen LogP contribution in [0.5, 0.6) is 0 Å². The maximum atomic E-state index is 13.0. The van der Waals surface area contributed by atoms with Crippen LogP contribution in [0.15, 0.2) is 48.5 Å². The number of hydrogen-bond acceptors (Lipinski definition) is 3. The molecule has 0 bridgehead atoms. The van der Waals surface area contributed by atoms with Crippen LogP contribution in [0.1, 0.15) is 42.7 Å². The summed E-state index contributed by atoms with van der Waals surface area (Å²) in [5, 5.41) is 9.34. The molecule has 0 radical (unpaired) electrons. The summed E-state index contributed by atoms with van der Waals surface area (Å²) in [5.74, 6) is -0.114. The zero-order chi connectivity index (χ0) is 20.0. The molecule has 29 heavy (non-hydrogen) atoms. The van der Waals surface area contributed by atoms with Gasteiger partial charge in [-0.25, -0.2) is 4.79 Å². The summed E-state index contributed by atoms with van der Waals surface area (Å²) in [4.78, 5) is 26.0. The molecule has 0 spiro atoms. The van der Waals surface area contributed by atoms with Crippen LogP contribution in [0.2, 0.25) is 0 Å². The molecule has 5 rings (SSSR count). The van der Waals surface area contributed by atoms with Gasteiger partial charge in [-0.2, -0.15) is 0 Å². The summed E-state index contributed by atoms with van der Waals surface area (Å²) >= 11 is 0. The molecule has 5 heteroatoms. The topological polar surface area (TPSA) is 66.8 Å². The van der Waals surface area contributed by atoms with Crippen LogP contribution >= 0.6 is 0 Å². The summed E-state index contributed by atoms with van der Waals surface area (Å²) in [5.41, 5.74) is 4.76.